The Balaban J connectivity index is 1.75. The molecule has 1 aromatic carbocycles. The molecule has 0 radical (unpaired) electrons. The van der Waals surface area contributed by atoms with E-state index in [0.29, 0.717) is 13.2 Å². The van der Waals surface area contributed by atoms with Crippen LogP contribution in [0, 0.1) is 5.92 Å². The molecule has 0 saturated carbocycles. The Morgan fingerprint density at radius 2 is 2.18 bits per heavy atom. The van der Waals surface area contributed by atoms with Gasteiger partial charge in [0.05, 0.1) is 6.61 Å². The number of amides is 1. The zero-order valence-corrected chi connectivity index (χ0v) is 12.2. The summed E-state index contributed by atoms with van der Waals surface area (Å²) in [6, 6.07) is 7.65. The Kier molecular flexibility index (Phi) is 5.28. The van der Waals surface area contributed by atoms with E-state index in [0.717, 1.165) is 17.7 Å². The van der Waals surface area contributed by atoms with Crippen LogP contribution in [0.15, 0.2) is 24.3 Å². The molecule has 0 spiro atoms. The van der Waals surface area contributed by atoms with E-state index in [1.165, 1.54) is 6.92 Å². The third-order valence-corrected chi connectivity index (χ3v) is 3.39. The summed E-state index contributed by atoms with van der Waals surface area (Å²) in [6.45, 7) is 0.678. The van der Waals surface area contributed by atoms with Gasteiger partial charge >= 0.3 is 6.18 Å². The average Bonchev–Trinajstić information content (AvgIpc) is 2.49. The van der Waals surface area contributed by atoms with Crippen LogP contribution in [0.4, 0.5) is 13.2 Å². The summed E-state index contributed by atoms with van der Waals surface area (Å²) >= 11 is 0. The maximum absolute atomic E-state index is 12.0. The molecule has 2 atom stereocenters. The van der Waals surface area contributed by atoms with Gasteiger partial charge in [-0.2, -0.15) is 13.2 Å². The van der Waals surface area contributed by atoms with E-state index in [9.17, 15) is 18.0 Å². The lowest BCUT2D eigenvalue weighted by Crippen LogP contribution is -2.41. The second-order valence-corrected chi connectivity index (χ2v) is 5.30. The van der Waals surface area contributed by atoms with Gasteiger partial charge in [-0.1, -0.05) is 18.2 Å². The monoisotopic (exact) mass is 317 g/mol. The predicted molar refractivity (Wildman–Crippen MR) is 73.6 cm³/mol. The van der Waals surface area contributed by atoms with E-state index in [1.54, 1.807) is 0 Å². The van der Waals surface area contributed by atoms with Crippen molar-refractivity contribution in [3.05, 3.63) is 29.8 Å². The number of alkyl halides is 3. The summed E-state index contributed by atoms with van der Waals surface area (Å²) in [5.41, 5.74) is 1.06. The summed E-state index contributed by atoms with van der Waals surface area (Å²) < 4.78 is 46.2. The van der Waals surface area contributed by atoms with Crippen LogP contribution < -0.4 is 10.1 Å². The summed E-state index contributed by atoms with van der Waals surface area (Å²) in [5.74, 6) is 0.378. The second-order valence-electron chi connectivity index (χ2n) is 5.30. The fourth-order valence-corrected chi connectivity index (χ4v) is 2.21. The average molecular weight is 317 g/mol. The number of nitrogens with one attached hydrogen (secondary N) is 1. The van der Waals surface area contributed by atoms with Gasteiger partial charge in [-0.15, -0.1) is 0 Å². The number of rotatable bonds is 5. The topological polar surface area (TPSA) is 47.6 Å². The quantitative estimate of drug-likeness (QED) is 0.907. The molecule has 1 amide bonds. The number of ether oxygens (including phenoxy) is 2. The van der Waals surface area contributed by atoms with Crippen molar-refractivity contribution in [2.45, 2.75) is 25.6 Å². The normalized spacial score (nSPS) is 19.0. The number of benzene rings is 1. The third-order valence-electron chi connectivity index (χ3n) is 3.39. The SMILES string of the molecule is CC(OCC(F)(F)F)C(=O)NCC1COc2ccccc2C1. The molecule has 122 valence electrons. The van der Waals surface area contributed by atoms with Crippen LogP contribution in [-0.2, 0) is 16.0 Å². The van der Waals surface area contributed by atoms with Crippen LogP contribution in [-0.4, -0.2) is 37.9 Å². The molecule has 0 aromatic heterocycles. The minimum atomic E-state index is -4.44. The van der Waals surface area contributed by atoms with E-state index in [4.69, 9.17) is 4.74 Å². The highest BCUT2D eigenvalue weighted by Crippen LogP contribution is 2.26. The molecule has 1 heterocycles. The molecule has 1 N–H and O–H groups in total. The van der Waals surface area contributed by atoms with Crippen molar-refractivity contribution in [1.29, 1.82) is 0 Å². The Morgan fingerprint density at radius 3 is 2.91 bits per heavy atom. The van der Waals surface area contributed by atoms with Crippen molar-refractivity contribution < 1.29 is 27.4 Å². The Morgan fingerprint density at radius 1 is 1.45 bits per heavy atom. The molecule has 2 unspecified atom stereocenters. The van der Waals surface area contributed by atoms with E-state index >= 15 is 0 Å². The van der Waals surface area contributed by atoms with Gasteiger partial charge in [0.15, 0.2) is 0 Å². The number of hydrogen-bond acceptors (Lipinski definition) is 3. The third kappa shape index (κ3) is 4.91. The maximum atomic E-state index is 12.0. The molecular weight excluding hydrogens is 299 g/mol. The lowest BCUT2D eigenvalue weighted by Gasteiger charge is -2.26. The maximum Gasteiger partial charge on any atom is 0.411 e. The van der Waals surface area contributed by atoms with Crippen LogP contribution in [0.1, 0.15) is 12.5 Å². The number of carbonyl (C=O) groups is 1. The number of carbonyl (C=O) groups excluding carboxylic acids is 1. The summed E-state index contributed by atoms with van der Waals surface area (Å²) in [5, 5.41) is 2.61. The van der Waals surface area contributed by atoms with Crippen LogP contribution in [0.2, 0.25) is 0 Å². The van der Waals surface area contributed by atoms with Crippen molar-refractivity contribution in [3.8, 4) is 5.75 Å². The molecule has 1 aliphatic rings. The van der Waals surface area contributed by atoms with E-state index in [1.807, 2.05) is 24.3 Å². The van der Waals surface area contributed by atoms with Gasteiger partial charge in [0.1, 0.15) is 18.5 Å². The smallest absolute Gasteiger partial charge is 0.411 e. The first-order valence-electron chi connectivity index (χ1n) is 7.02. The van der Waals surface area contributed by atoms with Crippen LogP contribution in [0.5, 0.6) is 5.75 Å². The van der Waals surface area contributed by atoms with Crippen molar-refractivity contribution in [2.75, 3.05) is 19.8 Å². The largest absolute Gasteiger partial charge is 0.493 e. The van der Waals surface area contributed by atoms with Crippen molar-refractivity contribution >= 4 is 5.91 Å². The van der Waals surface area contributed by atoms with Crippen LogP contribution >= 0.6 is 0 Å². The van der Waals surface area contributed by atoms with E-state index < -0.39 is 24.8 Å². The van der Waals surface area contributed by atoms with Crippen molar-refractivity contribution in [3.63, 3.8) is 0 Å². The number of para-hydroxylation sites is 1. The molecule has 0 bridgehead atoms. The number of hydrogen-bond donors (Lipinski definition) is 1. The molecule has 0 fully saturated rings. The van der Waals surface area contributed by atoms with Gasteiger partial charge in [0.25, 0.3) is 0 Å². The zero-order chi connectivity index (χ0) is 16.2. The molecule has 1 aromatic rings. The standard InChI is InChI=1S/C15H18F3NO3/c1-10(22-9-15(16,17)18)14(20)19-7-11-6-12-4-2-3-5-13(12)21-8-11/h2-5,10-11H,6-9H2,1H3,(H,19,20). The molecule has 0 saturated heterocycles. The van der Waals surface area contributed by atoms with Gasteiger partial charge in [-0.3, -0.25) is 4.79 Å². The van der Waals surface area contributed by atoms with Gasteiger partial charge in [0, 0.05) is 12.5 Å². The first-order valence-corrected chi connectivity index (χ1v) is 7.02. The van der Waals surface area contributed by atoms with Crippen LogP contribution in [0.3, 0.4) is 0 Å². The Bertz CT molecular complexity index is 519. The summed E-state index contributed by atoms with van der Waals surface area (Å²) in [4.78, 5) is 11.7. The Labute approximate surface area is 126 Å². The van der Waals surface area contributed by atoms with Crippen LogP contribution in [0.25, 0.3) is 0 Å². The highest BCUT2D eigenvalue weighted by atomic mass is 19.4. The Hall–Kier alpha value is -1.76. The van der Waals surface area contributed by atoms with Crippen molar-refractivity contribution in [2.24, 2.45) is 5.92 Å². The molecule has 1 aliphatic heterocycles. The highest BCUT2D eigenvalue weighted by Gasteiger charge is 2.30. The summed E-state index contributed by atoms with van der Waals surface area (Å²) in [7, 11) is 0. The second kappa shape index (κ2) is 7.00. The van der Waals surface area contributed by atoms with Crippen molar-refractivity contribution in [1.82, 2.24) is 5.32 Å². The predicted octanol–water partition coefficient (Wildman–Crippen LogP) is 2.32. The van der Waals surface area contributed by atoms with E-state index in [2.05, 4.69) is 10.1 Å². The van der Waals surface area contributed by atoms with E-state index in [-0.39, 0.29) is 5.92 Å². The molecule has 0 aliphatic carbocycles. The lowest BCUT2D eigenvalue weighted by atomic mass is 9.97. The fraction of sp³-hybridized carbons (Fsp3) is 0.533. The number of halogens is 3. The minimum absolute atomic E-state index is 0.0914. The highest BCUT2D eigenvalue weighted by molar-refractivity contribution is 5.80. The van der Waals surface area contributed by atoms with Gasteiger partial charge < -0.3 is 14.8 Å². The minimum Gasteiger partial charge on any atom is -0.493 e. The number of fused-ring (bicyclic) bond motifs is 1. The molecular formula is C15H18F3NO3. The fourth-order valence-electron chi connectivity index (χ4n) is 2.21. The molecule has 4 nitrogen and oxygen atoms in total. The first kappa shape index (κ1) is 16.6. The molecule has 22 heavy (non-hydrogen) atoms. The summed E-state index contributed by atoms with van der Waals surface area (Å²) in [6.07, 6.45) is -4.82. The van der Waals surface area contributed by atoms with Gasteiger partial charge in [-0.25, -0.2) is 0 Å². The molecule has 2 rings (SSSR count). The molecule has 7 heteroatoms. The first-order chi connectivity index (χ1) is 10.3. The lowest BCUT2D eigenvalue weighted by molar-refractivity contribution is -0.185. The van der Waals surface area contributed by atoms with Gasteiger partial charge in [-0.05, 0) is 25.0 Å². The zero-order valence-electron chi connectivity index (χ0n) is 12.2. The van der Waals surface area contributed by atoms with Gasteiger partial charge in [0.2, 0.25) is 5.91 Å².